The summed E-state index contributed by atoms with van der Waals surface area (Å²) in [4.78, 5) is 6.29. The quantitative estimate of drug-likeness (QED) is 0.751. The van der Waals surface area contributed by atoms with Crippen molar-refractivity contribution in [3.8, 4) is 0 Å². The molecule has 1 saturated heterocycles. The third-order valence-electron chi connectivity index (χ3n) is 2.86. The van der Waals surface area contributed by atoms with Gasteiger partial charge in [0.1, 0.15) is 0 Å². The van der Waals surface area contributed by atoms with E-state index in [0.717, 1.165) is 19.6 Å². The molecule has 4 heteroatoms. The standard InChI is InChI=1S/C12H19N3O/c1-10-7-15(9-12(16)6-14-10)8-11-2-4-13-5-3-11/h2-5,10,12,14,16H,6-9H2,1H3. The number of aliphatic hydroxyl groups is 1. The molecule has 1 fully saturated rings. The van der Waals surface area contributed by atoms with Crippen molar-refractivity contribution in [1.82, 2.24) is 15.2 Å². The maximum atomic E-state index is 9.74. The van der Waals surface area contributed by atoms with Crippen molar-refractivity contribution in [3.63, 3.8) is 0 Å². The van der Waals surface area contributed by atoms with Crippen molar-refractivity contribution in [2.45, 2.75) is 25.6 Å². The Balaban J connectivity index is 1.97. The molecule has 2 heterocycles. The molecule has 0 amide bonds. The van der Waals surface area contributed by atoms with Crippen LogP contribution in [-0.4, -0.2) is 46.8 Å². The van der Waals surface area contributed by atoms with Gasteiger partial charge in [-0.15, -0.1) is 0 Å². The van der Waals surface area contributed by atoms with Crippen molar-refractivity contribution in [3.05, 3.63) is 30.1 Å². The molecule has 0 aliphatic carbocycles. The highest BCUT2D eigenvalue weighted by atomic mass is 16.3. The highest BCUT2D eigenvalue weighted by molar-refractivity contribution is 5.09. The highest BCUT2D eigenvalue weighted by Crippen LogP contribution is 2.07. The van der Waals surface area contributed by atoms with Gasteiger partial charge in [0.2, 0.25) is 0 Å². The molecule has 88 valence electrons. The van der Waals surface area contributed by atoms with E-state index in [9.17, 15) is 5.11 Å². The first-order chi connectivity index (χ1) is 7.74. The Hall–Kier alpha value is -0.970. The Kier molecular flexibility index (Phi) is 3.88. The monoisotopic (exact) mass is 221 g/mol. The van der Waals surface area contributed by atoms with Gasteiger partial charge in [-0.25, -0.2) is 0 Å². The van der Waals surface area contributed by atoms with Gasteiger partial charge in [0.05, 0.1) is 6.10 Å². The zero-order chi connectivity index (χ0) is 11.4. The van der Waals surface area contributed by atoms with Crippen molar-refractivity contribution in [2.24, 2.45) is 0 Å². The minimum atomic E-state index is -0.271. The fraction of sp³-hybridized carbons (Fsp3) is 0.583. The van der Waals surface area contributed by atoms with E-state index in [1.807, 2.05) is 24.5 Å². The molecule has 1 aliphatic rings. The van der Waals surface area contributed by atoms with Gasteiger partial charge in [-0.05, 0) is 24.6 Å². The largest absolute Gasteiger partial charge is 0.390 e. The van der Waals surface area contributed by atoms with Crippen LogP contribution in [0.3, 0.4) is 0 Å². The molecule has 16 heavy (non-hydrogen) atoms. The van der Waals surface area contributed by atoms with E-state index in [1.54, 1.807) is 0 Å². The molecular formula is C12H19N3O. The van der Waals surface area contributed by atoms with Crippen LogP contribution in [-0.2, 0) is 6.54 Å². The molecule has 0 spiro atoms. The van der Waals surface area contributed by atoms with Crippen LogP contribution in [0.2, 0.25) is 0 Å². The molecule has 1 aromatic heterocycles. The van der Waals surface area contributed by atoms with Crippen molar-refractivity contribution in [2.75, 3.05) is 19.6 Å². The van der Waals surface area contributed by atoms with Gasteiger partial charge in [0, 0.05) is 44.6 Å². The number of β-amino-alcohol motifs (C(OH)–C–C–N with tert-alkyl or cyclic N) is 1. The number of hydrogen-bond donors (Lipinski definition) is 2. The lowest BCUT2D eigenvalue weighted by molar-refractivity contribution is 0.126. The molecule has 1 aliphatic heterocycles. The minimum Gasteiger partial charge on any atom is -0.390 e. The topological polar surface area (TPSA) is 48.4 Å². The Morgan fingerprint density at radius 1 is 1.44 bits per heavy atom. The fourth-order valence-corrected chi connectivity index (χ4v) is 2.10. The Morgan fingerprint density at radius 2 is 2.19 bits per heavy atom. The second-order valence-electron chi connectivity index (χ2n) is 4.51. The van der Waals surface area contributed by atoms with Crippen LogP contribution in [0.15, 0.2) is 24.5 Å². The summed E-state index contributed by atoms with van der Waals surface area (Å²) in [5.74, 6) is 0. The summed E-state index contributed by atoms with van der Waals surface area (Å²) in [5, 5.41) is 13.0. The van der Waals surface area contributed by atoms with E-state index in [2.05, 4.69) is 22.1 Å². The zero-order valence-corrected chi connectivity index (χ0v) is 9.63. The van der Waals surface area contributed by atoms with Crippen LogP contribution in [0.5, 0.6) is 0 Å². The maximum absolute atomic E-state index is 9.74. The van der Waals surface area contributed by atoms with Crippen LogP contribution in [0.25, 0.3) is 0 Å². The first kappa shape index (κ1) is 11.5. The first-order valence-electron chi connectivity index (χ1n) is 5.77. The van der Waals surface area contributed by atoms with Gasteiger partial charge in [-0.2, -0.15) is 0 Å². The molecule has 1 aromatic rings. The van der Waals surface area contributed by atoms with Gasteiger partial charge in [0.15, 0.2) is 0 Å². The number of pyridine rings is 1. The Morgan fingerprint density at radius 3 is 2.94 bits per heavy atom. The van der Waals surface area contributed by atoms with E-state index in [0.29, 0.717) is 12.6 Å². The summed E-state index contributed by atoms with van der Waals surface area (Å²) in [6.45, 7) is 5.43. The average molecular weight is 221 g/mol. The van der Waals surface area contributed by atoms with E-state index >= 15 is 0 Å². The molecule has 0 saturated carbocycles. The number of hydrogen-bond acceptors (Lipinski definition) is 4. The Bertz CT molecular complexity index is 305. The predicted molar refractivity (Wildman–Crippen MR) is 63.0 cm³/mol. The zero-order valence-electron chi connectivity index (χ0n) is 9.63. The number of aliphatic hydroxyl groups excluding tert-OH is 1. The minimum absolute atomic E-state index is 0.271. The number of nitrogens with one attached hydrogen (secondary N) is 1. The molecule has 2 atom stereocenters. The van der Waals surface area contributed by atoms with Crippen molar-refractivity contribution < 1.29 is 5.11 Å². The second-order valence-corrected chi connectivity index (χ2v) is 4.51. The van der Waals surface area contributed by atoms with Gasteiger partial charge >= 0.3 is 0 Å². The summed E-state index contributed by atoms with van der Waals surface area (Å²) in [5.41, 5.74) is 1.25. The summed E-state index contributed by atoms with van der Waals surface area (Å²) in [7, 11) is 0. The maximum Gasteiger partial charge on any atom is 0.0791 e. The SMILES string of the molecule is CC1CN(Cc2ccncc2)CC(O)CN1. The van der Waals surface area contributed by atoms with Crippen LogP contribution in [0.1, 0.15) is 12.5 Å². The van der Waals surface area contributed by atoms with Crippen LogP contribution >= 0.6 is 0 Å². The number of aromatic nitrogens is 1. The first-order valence-corrected chi connectivity index (χ1v) is 5.77. The molecule has 4 nitrogen and oxygen atoms in total. The van der Waals surface area contributed by atoms with Crippen LogP contribution in [0.4, 0.5) is 0 Å². The molecule has 2 unspecified atom stereocenters. The molecule has 2 N–H and O–H groups in total. The number of nitrogens with zero attached hydrogens (tertiary/aromatic N) is 2. The molecule has 2 rings (SSSR count). The van der Waals surface area contributed by atoms with Gasteiger partial charge < -0.3 is 10.4 Å². The normalized spacial score (nSPS) is 27.6. The van der Waals surface area contributed by atoms with E-state index in [1.165, 1.54) is 5.56 Å². The Labute approximate surface area is 96.3 Å². The predicted octanol–water partition coefficient (Wildman–Crippen LogP) is 0.236. The summed E-state index contributed by atoms with van der Waals surface area (Å²) in [6.07, 6.45) is 3.35. The number of rotatable bonds is 2. The molecule has 0 aromatic carbocycles. The van der Waals surface area contributed by atoms with Crippen LogP contribution < -0.4 is 5.32 Å². The van der Waals surface area contributed by atoms with Gasteiger partial charge in [-0.3, -0.25) is 9.88 Å². The summed E-state index contributed by atoms with van der Waals surface area (Å²) >= 11 is 0. The van der Waals surface area contributed by atoms with Crippen LogP contribution in [0, 0.1) is 0 Å². The molecular weight excluding hydrogens is 202 g/mol. The molecule has 0 bridgehead atoms. The summed E-state index contributed by atoms with van der Waals surface area (Å²) < 4.78 is 0. The van der Waals surface area contributed by atoms with E-state index < -0.39 is 0 Å². The van der Waals surface area contributed by atoms with Crippen molar-refractivity contribution in [1.29, 1.82) is 0 Å². The third kappa shape index (κ3) is 3.27. The molecule has 0 radical (unpaired) electrons. The lowest BCUT2D eigenvalue weighted by atomic mass is 10.2. The third-order valence-corrected chi connectivity index (χ3v) is 2.86. The fourth-order valence-electron chi connectivity index (χ4n) is 2.10. The highest BCUT2D eigenvalue weighted by Gasteiger charge is 2.19. The van der Waals surface area contributed by atoms with Gasteiger partial charge in [-0.1, -0.05) is 0 Å². The van der Waals surface area contributed by atoms with Crippen molar-refractivity contribution >= 4 is 0 Å². The lowest BCUT2D eigenvalue weighted by Crippen LogP contribution is -2.34. The smallest absolute Gasteiger partial charge is 0.0791 e. The average Bonchev–Trinajstić information content (AvgIpc) is 2.42. The lowest BCUT2D eigenvalue weighted by Gasteiger charge is -2.23. The summed E-state index contributed by atoms with van der Waals surface area (Å²) in [6, 6.07) is 4.48. The van der Waals surface area contributed by atoms with E-state index in [-0.39, 0.29) is 6.10 Å². The van der Waals surface area contributed by atoms with E-state index in [4.69, 9.17) is 0 Å². The second kappa shape index (κ2) is 5.39. The van der Waals surface area contributed by atoms with Gasteiger partial charge in [0.25, 0.3) is 0 Å².